The summed E-state index contributed by atoms with van der Waals surface area (Å²) in [6, 6.07) is 2.41. The minimum absolute atomic E-state index is 0.163. The summed E-state index contributed by atoms with van der Waals surface area (Å²) in [6.07, 6.45) is 4.71. The molecule has 1 saturated heterocycles. The molecule has 0 aliphatic carbocycles. The van der Waals surface area contributed by atoms with Crippen molar-refractivity contribution in [1.82, 2.24) is 10.2 Å². The Balaban J connectivity index is 2.02. The van der Waals surface area contributed by atoms with Crippen molar-refractivity contribution >= 4 is 33.2 Å². The molecule has 2 heterocycles. The summed E-state index contributed by atoms with van der Waals surface area (Å²) in [7, 11) is 0. The lowest BCUT2D eigenvalue weighted by Gasteiger charge is -2.30. The van der Waals surface area contributed by atoms with Gasteiger partial charge in [-0.2, -0.15) is 0 Å². The maximum absolute atomic E-state index is 12.6. The van der Waals surface area contributed by atoms with Crippen LogP contribution in [0, 0.1) is 0 Å². The van der Waals surface area contributed by atoms with Crippen LogP contribution in [0.1, 0.15) is 42.3 Å². The summed E-state index contributed by atoms with van der Waals surface area (Å²) >= 11 is 4.97. The number of piperidine rings is 1. The van der Waals surface area contributed by atoms with Gasteiger partial charge >= 0.3 is 0 Å². The molecule has 3 nitrogen and oxygen atoms in total. The number of rotatable bonds is 5. The van der Waals surface area contributed by atoms with Crippen LogP contribution in [0.5, 0.6) is 0 Å². The Bertz CT molecular complexity index is 415. The Hall–Kier alpha value is -0.390. The summed E-state index contributed by atoms with van der Waals surface area (Å²) in [5.74, 6) is 0.163. The van der Waals surface area contributed by atoms with Gasteiger partial charge in [0.05, 0.1) is 0 Å². The zero-order valence-corrected chi connectivity index (χ0v) is 13.7. The van der Waals surface area contributed by atoms with Gasteiger partial charge in [0.1, 0.15) is 4.88 Å². The Morgan fingerprint density at radius 3 is 3.00 bits per heavy atom. The molecule has 0 spiro atoms. The fraction of sp³-hybridized carbons (Fsp3) is 0.643. The molecule has 106 valence electrons. The normalized spacial score (nSPS) is 19.4. The molecule has 1 atom stereocenters. The average molecular weight is 345 g/mol. The highest BCUT2D eigenvalue weighted by Gasteiger charge is 2.23. The molecule has 1 aliphatic heterocycles. The predicted octanol–water partition coefficient (Wildman–Crippen LogP) is 3.50. The third-order valence-corrected chi connectivity index (χ3v) is 5.27. The molecule has 2 rings (SSSR count). The molecule has 19 heavy (non-hydrogen) atoms. The van der Waals surface area contributed by atoms with Crippen LogP contribution in [0.3, 0.4) is 0 Å². The van der Waals surface area contributed by atoms with Gasteiger partial charge in [0.2, 0.25) is 0 Å². The standard InChI is InChI=1S/C14H21BrN2OS/c1-2-8-17(10-11-5-3-4-7-16-11)14(18)13-12(15)6-9-19-13/h6,9,11,16H,2-5,7-8,10H2,1H3. The van der Waals surface area contributed by atoms with Gasteiger partial charge in [-0.3, -0.25) is 4.79 Å². The molecule has 1 aromatic heterocycles. The van der Waals surface area contributed by atoms with E-state index in [-0.39, 0.29) is 5.91 Å². The quantitative estimate of drug-likeness (QED) is 0.886. The average Bonchev–Trinajstić information content (AvgIpc) is 2.85. The molecular formula is C14H21BrN2OS. The van der Waals surface area contributed by atoms with Gasteiger partial charge in [0.15, 0.2) is 0 Å². The van der Waals surface area contributed by atoms with Gasteiger partial charge in [-0.1, -0.05) is 13.3 Å². The van der Waals surface area contributed by atoms with E-state index in [9.17, 15) is 4.79 Å². The number of thiophene rings is 1. The Morgan fingerprint density at radius 2 is 2.42 bits per heavy atom. The van der Waals surface area contributed by atoms with Gasteiger partial charge < -0.3 is 10.2 Å². The zero-order chi connectivity index (χ0) is 13.7. The Kier molecular flexibility index (Phi) is 5.85. The van der Waals surface area contributed by atoms with Gasteiger partial charge in [0, 0.05) is 23.6 Å². The van der Waals surface area contributed by atoms with E-state index in [0.717, 1.165) is 35.4 Å². The van der Waals surface area contributed by atoms with Crippen molar-refractivity contribution in [3.63, 3.8) is 0 Å². The van der Waals surface area contributed by atoms with E-state index in [4.69, 9.17) is 0 Å². The SMILES string of the molecule is CCCN(CC1CCCCN1)C(=O)c1sccc1Br. The Labute approximate surface area is 127 Å². The number of nitrogens with zero attached hydrogens (tertiary/aromatic N) is 1. The topological polar surface area (TPSA) is 32.3 Å². The van der Waals surface area contributed by atoms with Crippen molar-refractivity contribution in [3.8, 4) is 0 Å². The third kappa shape index (κ3) is 4.04. The molecule has 1 aliphatic rings. The van der Waals surface area contributed by atoms with Crippen LogP contribution in [0.15, 0.2) is 15.9 Å². The van der Waals surface area contributed by atoms with Crippen LogP contribution in [-0.2, 0) is 0 Å². The van der Waals surface area contributed by atoms with E-state index < -0.39 is 0 Å². The van der Waals surface area contributed by atoms with Crippen LogP contribution in [0.4, 0.5) is 0 Å². The van der Waals surface area contributed by atoms with Gasteiger partial charge in [0.25, 0.3) is 5.91 Å². The maximum Gasteiger partial charge on any atom is 0.265 e. The smallest absolute Gasteiger partial charge is 0.265 e. The third-order valence-electron chi connectivity index (χ3n) is 3.45. The first kappa shape index (κ1) is 15.0. The summed E-state index contributed by atoms with van der Waals surface area (Å²) in [6.45, 7) is 4.87. The molecular weight excluding hydrogens is 324 g/mol. The number of amides is 1. The van der Waals surface area contributed by atoms with Gasteiger partial charge in [-0.05, 0) is 53.2 Å². The van der Waals surface area contributed by atoms with E-state index in [2.05, 4.69) is 28.2 Å². The lowest BCUT2D eigenvalue weighted by Crippen LogP contribution is -2.46. The molecule has 1 fully saturated rings. The second kappa shape index (κ2) is 7.41. The van der Waals surface area contributed by atoms with Gasteiger partial charge in [-0.25, -0.2) is 0 Å². The second-order valence-electron chi connectivity index (χ2n) is 5.00. The lowest BCUT2D eigenvalue weighted by atomic mass is 10.0. The van der Waals surface area contributed by atoms with E-state index in [1.807, 2.05) is 16.3 Å². The maximum atomic E-state index is 12.6. The molecule has 5 heteroatoms. The second-order valence-corrected chi connectivity index (χ2v) is 6.77. The zero-order valence-electron chi connectivity index (χ0n) is 11.3. The van der Waals surface area contributed by atoms with Crippen molar-refractivity contribution in [2.75, 3.05) is 19.6 Å². The minimum atomic E-state index is 0.163. The van der Waals surface area contributed by atoms with E-state index in [0.29, 0.717) is 6.04 Å². The lowest BCUT2D eigenvalue weighted by molar-refractivity contribution is 0.0736. The van der Waals surface area contributed by atoms with Crippen molar-refractivity contribution in [1.29, 1.82) is 0 Å². The number of hydrogen-bond acceptors (Lipinski definition) is 3. The van der Waals surface area contributed by atoms with Crippen LogP contribution in [0.2, 0.25) is 0 Å². The number of carbonyl (C=O) groups is 1. The van der Waals surface area contributed by atoms with Crippen LogP contribution in [-0.4, -0.2) is 36.5 Å². The first-order valence-corrected chi connectivity index (χ1v) is 8.65. The van der Waals surface area contributed by atoms with Crippen LogP contribution < -0.4 is 5.32 Å². The predicted molar refractivity (Wildman–Crippen MR) is 83.9 cm³/mol. The number of carbonyl (C=O) groups excluding carboxylic acids is 1. The van der Waals surface area contributed by atoms with Crippen LogP contribution in [0.25, 0.3) is 0 Å². The monoisotopic (exact) mass is 344 g/mol. The summed E-state index contributed by atoms with van der Waals surface area (Å²) in [4.78, 5) is 15.4. The minimum Gasteiger partial charge on any atom is -0.336 e. The summed E-state index contributed by atoms with van der Waals surface area (Å²) in [5, 5.41) is 5.48. The Morgan fingerprint density at radius 1 is 1.58 bits per heavy atom. The molecule has 1 N–H and O–H groups in total. The first-order valence-electron chi connectivity index (χ1n) is 6.98. The fourth-order valence-electron chi connectivity index (χ4n) is 2.48. The molecule has 0 bridgehead atoms. The molecule has 0 saturated carbocycles. The number of halogens is 1. The summed E-state index contributed by atoms with van der Waals surface area (Å²) in [5.41, 5.74) is 0. The first-order chi connectivity index (χ1) is 9.22. The van der Waals surface area contributed by atoms with Crippen molar-refractivity contribution in [3.05, 3.63) is 20.8 Å². The van der Waals surface area contributed by atoms with E-state index >= 15 is 0 Å². The van der Waals surface area contributed by atoms with Crippen LogP contribution >= 0.6 is 27.3 Å². The molecule has 1 amide bonds. The summed E-state index contributed by atoms with van der Waals surface area (Å²) < 4.78 is 0.917. The fourth-order valence-corrected chi connectivity index (χ4v) is 3.99. The number of hydrogen-bond donors (Lipinski definition) is 1. The van der Waals surface area contributed by atoms with Crippen molar-refractivity contribution in [2.45, 2.75) is 38.6 Å². The highest BCUT2D eigenvalue weighted by molar-refractivity contribution is 9.10. The highest BCUT2D eigenvalue weighted by Crippen LogP contribution is 2.24. The van der Waals surface area contributed by atoms with E-state index in [1.165, 1.54) is 30.6 Å². The number of nitrogens with one attached hydrogen (secondary N) is 1. The van der Waals surface area contributed by atoms with Gasteiger partial charge in [-0.15, -0.1) is 11.3 Å². The van der Waals surface area contributed by atoms with Crippen molar-refractivity contribution in [2.24, 2.45) is 0 Å². The highest BCUT2D eigenvalue weighted by atomic mass is 79.9. The largest absolute Gasteiger partial charge is 0.336 e. The molecule has 1 unspecified atom stereocenters. The molecule has 0 aromatic carbocycles. The molecule has 1 aromatic rings. The van der Waals surface area contributed by atoms with Crippen molar-refractivity contribution < 1.29 is 4.79 Å². The van der Waals surface area contributed by atoms with E-state index in [1.54, 1.807) is 0 Å². The molecule has 0 radical (unpaired) electrons.